The summed E-state index contributed by atoms with van der Waals surface area (Å²) in [4.78, 5) is 25.0. The van der Waals surface area contributed by atoms with Crippen LogP contribution >= 0.6 is 0 Å². The molecule has 0 aliphatic heterocycles. The smallest absolute Gasteiger partial charge is 0.374 e. The fourth-order valence-electron chi connectivity index (χ4n) is 6.64. The van der Waals surface area contributed by atoms with E-state index in [0.29, 0.717) is 19.6 Å². The van der Waals surface area contributed by atoms with Crippen molar-refractivity contribution in [2.24, 2.45) is 0 Å². The number of esters is 2. The van der Waals surface area contributed by atoms with Gasteiger partial charge in [0.15, 0.2) is 0 Å². The number of carbonyl (C=O) groups is 2. The van der Waals surface area contributed by atoms with Gasteiger partial charge in [0.2, 0.25) is 0 Å². The SMILES string of the molecule is CCCCCCCCCCCCCCCCCCOC(CCCCCCCCCCCCCCCC)(OCCCCC)C(=O)OC(C)=O. The maximum Gasteiger partial charge on any atom is 0.374 e. The van der Waals surface area contributed by atoms with E-state index in [4.69, 9.17) is 14.2 Å². The van der Waals surface area contributed by atoms with Crippen LogP contribution in [-0.4, -0.2) is 30.9 Å². The van der Waals surface area contributed by atoms with Crippen molar-refractivity contribution in [2.75, 3.05) is 13.2 Å². The molecule has 0 heterocycles. The zero-order valence-electron chi connectivity index (χ0n) is 33.0. The Balaban J connectivity index is 4.35. The van der Waals surface area contributed by atoms with Crippen molar-refractivity contribution in [3.63, 3.8) is 0 Å². The second-order valence-electron chi connectivity index (χ2n) is 14.7. The van der Waals surface area contributed by atoms with Gasteiger partial charge >= 0.3 is 11.9 Å². The zero-order chi connectivity index (χ0) is 35.2. The average molecular weight is 681 g/mol. The largest absolute Gasteiger partial charge is 0.389 e. The molecule has 0 aliphatic carbocycles. The molecule has 0 amide bonds. The highest BCUT2D eigenvalue weighted by Crippen LogP contribution is 2.26. The predicted octanol–water partition coefficient (Wildman–Crippen LogP) is 14.1. The van der Waals surface area contributed by atoms with Gasteiger partial charge in [-0.2, -0.15) is 0 Å². The third-order valence-electron chi connectivity index (χ3n) is 9.82. The summed E-state index contributed by atoms with van der Waals surface area (Å²) in [5.74, 6) is -2.74. The zero-order valence-corrected chi connectivity index (χ0v) is 33.0. The van der Waals surface area contributed by atoms with Crippen LogP contribution < -0.4 is 0 Å². The first-order valence-corrected chi connectivity index (χ1v) is 21.5. The lowest BCUT2D eigenvalue weighted by molar-refractivity contribution is -0.251. The molecule has 1 atom stereocenters. The maximum atomic E-state index is 13.2. The molecule has 0 aromatic carbocycles. The van der Waals surface area contributed by atoms with Crippen LogP contribution in [0, 0.1) is 0 Å². The number of hydrogen-bond acceptors (Lipinski definition) is 5. The molecule has 48 heavy (non-hydrogen) atoms. The van der Waals surface area contributed by atoms with E-state index in [1.807, 2.05) is 0 Å². The standard InChI is InChI=1S/C43H84O5/c1-5-8-11-13-15-17-19-21-23-24-26-28-30-32-34-37-40-47-43(42(45)48-41(4)44,46-39-36-10-7-3)38-35-33-31-29-27-25-22-20-18-16-14-12-9-6-2/h5-40H2,1-4H3. The van der Waals surface area contributed by atoms with Gasteiger partial charge in [-0.25, -0.2) is 4.79 Å². The summed E-state index contributed by atoms with van der Waals surface area (Å²) >= 11 is 0. The molecular weight excluding hydrogens is 596 g/mol. The first kappa shape index (κ1) is 47.1. The van der Waals surface area contributed by atoms with E-state index < -0.39 is 17.7 Å². The van der Waals surface area contributed by atoms with E-state index in [1.165, 1.54) is 167 Å². The number of unbranched alkanes of at least 4 members (excludes halogenated alkanes) is 30. The van der Waals surface area contributed by atoms with Gasteiger partial charge in [-0.05, 0) is 19.3 Å². The molecule has 0 spiro atoms. The van der Waals surface area contributed by atoms with Crippen molar-refractivity contribution in [3.8, 4) is 0 Å². The molecule has 0 radical (unpaired) electrons. The van der Waals surface area contributed by atoms with Crippen molar-refractivity contribution in [1.29, 1.82) is 0 Å². The van der Waals surface area contributed by atoms with Gasteiger partial charge in [0.05, 0.1) is 13.2 Å². The molecule has 0 fully saturated rings. The molecular formula is C43H84O5. The molecule has 0 saturated carbocycles. The van der Waals surface area contributed by atoms with E-state index in [0.717, 1.165) is 51.4 Å². The molecule has 5 heteroatoms. The fourth-order valence-corrected chi connectivity index (χ4v) is 6.64. The Labute approximate surface area is 300 Å². The van der Waals surface area contributed by atoms with Gasteiger partial charge in [0.1, 0.15) is 0 Å². The van der Waals surface area contributed by atoms with E-state index in [9.17, 15) is 9.59 Å². The van der Waals surface area contributed by atoms with Crippen LogP contribution in [0.25, 0.3) is 0 Å². The summed E-state index contributed by atoms with van der Waals surface area (Å²) in [5.41, 5.74) is 0. The highest BCUT2D eigenvalue weighted by atomic mass is 16.7. The molecule has 0 aromatic heterocycles. The van der Waals surface area contributed by atoms with Crippen LogP contribution in [0.4, 0.5) is 0 Å². The van der Waals surface area contributed by atoms with Gasteiger partial charge in [-0.15, -0.1) is 0 Å². The second kappa shape index (κ2) is 37.3. The molecule has 0 N–H and O–H groups in total. The van der Waals surface area contributed by atoms with Gasteiger partial charge < -0.3 is 14.2 Å². The van der Waals surface area contributed by atoms with Crippen LogP contribution in [0.15, 0.2) is 0 Å². The Bertz CT molecular complexity index is 680. The lowest BCUT2D eigenvalue weighted by Gasteiger charge is -2.31. The van der Waals surface area contributed by atoms with Crippen LogP contribution in [0.2, 0.25) is 0 Å². The molecule has 0 aliphatic rings. The Morgan fingerprint density at radius 1 is 0.375 bits per heavy atom. The molecule has 0 saturated heterocycles. The molecule has 0 rings (SSSR count). The summed E-state index contributed by atoms with van der Waals surface area (Å²) in [6, 6.07) is 0. The van der Waals surface area contributed by atoms with Crippen molar-refractivity contribution in [2.45, 2.75) is 252 Å². The van der Waals surface area contributed by atoms with E-state index in [-0.39, 0.29) is 0 Å². The van der Waals surface area contributed by atoms with Crippen LogP contribution in [0.1, 0.15) is 246 Å². The van der Waals surface area contributed by atoms with Gasteiger partial charge in [0, 0.05) is 13.3 Å². The highest BCUT2D eigenvalue weighted by molar-refractivity contribution is 5.88. The summed E-state index contributed by atoms with van der Waals surface area (Å²) in [7, 11) is 0. The summed E-state index contributed by atoms with van der Waals surface area (Å²) in [6.07, 6.45) is 42.4. The van der Waals surface area contributed by atoms with Crippen LogP contribution in [-0.2, 0) is 23.8 Å². The minimum Gasteiger partial charge on any atom is -0.389 e. The quantitative estimate of drug-likeness (QED) is 0.0280. The van der Waals surface area contributed by atoms with Crippen molar-refractivity contribution in [1.82, 2.24) is 0 Å². The van der Waals surface area contributed by atoms with E-state index >= 15 is 0 Å². The lowest BCUT2D eigenvalue weighted by atomic mass is 10.0. The molecule has 286 valence electrons. The first-order valence-electron chi connectivity index (χ1n) is 21.5. The molecule has 0 bridgehead atoms. The van der Waals surface area contributed by atoms with E-state index in [2.05, 4.69) is 20.8 Å². The Morgan fingerprint density at radius 3 is 0.938 bits per heavy atom. The van der Waals surface area contributed by atoms with Crippen LogP contribution in [0.5, 0.6) is 0 Å². The average Bonchev–Trinajstić information content (AvgIpc) is 3.07. The Morgan fingerprint density at radius 2 is 0.625 bits per heavy atom. The topological polar surface area (TPSA) is 61.8 Å². The third-order valence-corrected chi connectivity index (χ3v) is 9.82. The number of carbonyl (C=O) groups excluding carboxylic acids is 2. The Kier molecular flexibility index (Phi) is 36.6. The van der Waals surface area contributed by atoms with Crippen molar-refractivity contribution >= 4 is 11.9 Å². The van der Waals surface area contributed by atoms with Crippen molar-refractivity contribution < 1.29 is 23.8 Å². The molecule has 0 aromatic rings. The summed E-state index contributed by atoms with van der Waals surface area (Å²) < 4.78 is 17.5. The minimum atomic E-state index is -1.47. The van der Waals surface area contributed by atoms with Gasteiger partial charge in [-0.1, -0.05) is 213 Å². The van der Waals surface area contributed by atoms with Gasteiger partial charge in [0.25, 0.3) is 5.79 Å². The maximum absolute atomic E-state index is 13.2. The fraction of sp³-hybridized carbons (Fsp3) is 0.953. The highest BCUT2D eigenvalue weighted by Gasteiger charge is 2.43. The monoisotopic (exact) mass is 681 g/mol. The second-order valence-corrected chi connectivity index (χ2v) is 14.7. The normalized spacial score (nSPS) is 12.8. The van der Waals surface area contributed by atoms with Gasteiger partial charge in [-0.3, -0.25) is 4.79 Å². The predicted molar refractivity (Wildman–Crippen MR) is 205 cm³/mol. The number of rotatable bonds is 39. The Hall–Kier alpha value is -0.940. The summed E-state index contributed by atoms with van der Waals surface area (Å²) in [5, 5.41) is 0. The number of ether oxygens (including phenoxy) is 3. The molecule has 5 nitrogen and oxygen atoms in total. The van der Waals surface area contributed by atoms with Crippen LogP contribution in [0.3, 0.4) is 0 Å². The molecule has 1 unspecified atom stereocenters. The minimum absolute atomic E-state index is 0.443. The number of hydrogen-bond donors (Lipinski definition) is 0. The van der Waals surface area contributed by atoms with Crippen molar-refractivity contribution in [3.05, 3.63) is 0 Å². The first-order chi connectivity index (χ1) is 23.5. The summed E-state index contributed by atoms with van der Waals surface area (Å²) in [6.45, 7) is 8.89. The lowest BCUT2D eigenvalue weighted by Crippen LogP contribution is -2.47. The van der Waals surface area contributed by atoms with E-state index in [1.54, 1.807) is 0 Å². The third kappa shape index (κ3) is 31.1.